The maximum absolute atomic E-state index is 11.7. The molecule has 0 spiro atoms. The van der Waals surface area contributed by atoms with E-state index in [-0.39, 0.29) is 24.4 Å². The number of carbonyl (C=O) groups is 2. The van der Waals surface area contributed by atoms with Gasteiger partial charge in [-0.2, -0.15) is 0 Å². The van der Waals surface area contributed by atoms with Crippen LogP contribution in [0.5, 0.6) is 0 Å². The molecule has 0 aromatic heterocycles. The second kappa shape index (κ2) is 9.84. The van der Waals surface area contributed by atoms with Crippen molar-refractivity contribution < 1.29 is 14.4 Å². The zero-order valence-corrected chi connectivity index (χ0v) is 13.3. The highest BCUT2D eigenvalue weighted by atomic mass is 16.6. The van der Waals surface area contributed by atoms with Crippen molar-refractivity contribution in [1.29, 1.82) is 0 Å². The predicted molar refractivity (Wildman–Crippen MR) is 87.4 cm³/mol. The van der Waals surface area contributed by atoms with Crippen LogP contribution in [0.25, 0.3) is 0 Å². The van der Waals surface area contributed by atoms with E-state index in [1.807, 2.05) is 30.3 Å². The van der Waals surface area contributed by atoms with Crippen LogP contribution in [-0.4, -0.2) is 24.5 Å². The predicted octanol–water partition coefficient (Wildman–Crippen LogP) is 2.26. The van der Waals surface area contributed by atoms with E-state index in [9.17, 15) is 9.59 Å². The van der Waals surface area contributed by atoms with Crippen LogP contribution in [0.15, 0.2) is 30.3 Å². The van der Waals surface area contributed by atoms with Crippen molar-refractivity contribution in [1.82, 2.24) is 16.1 Å². The maximum Gasteiger partial charge on any atom is 0.315 e. The van der Waals surface area contributed by atoms with Crippen molar-refractivity contribution in [2.75, 3.05) is 6.54 Å². The average Bonchev–Trinajstić information content (AvgIpc) is 2.57. The highest BCUT2D eigenvalue weighted by molar-refractivity contribution is 5.77. The van der Waals surface area contributed by atoms with Gasteiger partial charge in [0.25, 0.3) is 0 Å². The molecule has 1 fully saturated rings. The molecule has 1 aromatic carbocycles. The van der Waals surface area contributed by atoms with Gasteiger partial charge in [0.2, 0.25) is 5.91 Å². The van der Waals surface area contributed by atoms with Crippen LogP contribution in [0, 0.1) is 0 Å². The van der Waals surface area contributed by atoms with Crippen molar-refractivity contribution >= 4 is 11.9 Å². The van der Waals surface area contributed by atoms with E-state index >= 15 is 0 Å². The van der Waals surface area contributed by atoms with Gasteiger partial charge in [-0.3, -0.25) is 9.63 Å². The van der Waals surface area contributed by atoms with Crippen molar-refractivity contribution in [2.24, 2.45) is 0 Å². The van der Waals surface area contributed by atoms with Crippen LogP contribution in [0.3, 0.4) is 0 Å². The standard InChI is InChI=1S/C17H25N3O3/c21-16(20-23-13-14-7-3-1-4-8-14)11-12-18-17(22)19-15-9-5-2-6-10-15/h1,3-4,7-8,15H,2,5-6,9-13H2,(H,20,21)(H2,18,19,22). The van der Waals surface area contributed by atoms with E-state index in [2.05, 4.69) is 16.1 Å². The molecule has 0 saturated heterocycles. The Kier molecular flexibility index (Phi) is 7.39. The Hall–Kier alpha value is -2.08. The van der Waals surface area contributed by atoms with Crippen LogP contribution >= 0.6 is 0 Å². The first kappa shape index (κ1) is 17.3. The highest BCUT2D eigenvalue weighted by Gasteiger charge is 2.15. The molecule has 0 bridgehead atoms. The van der Waals surface area contributed by atoms with E-state index in [0.717, 1.165) is 18.4 Å². The summed E-state index contributed by atoms with van der Waals surface area (Å²) in [5.74, 6) is -0.251. The van der Waals surface area contributed by atoms with Gasteiger partial charge in [0.1, 0.15) is 0 Å². The molecule has 3 amide bonds. The van der Waals surface area contributed by atoms with E-state index in [1.165, 1.54) is 19.3 Å². The lowest BCUT2D eigenvalue weighted by Crippen LogP contribution is -2.43. The molecule has 3 N–H and O–H groups in total. The fourth-order valence-electron chi connectivity index (χ4n) is 2.60. The zero-order valence-electron chi connectivity index (χ0n) is 13.3. The van der Waals surface area contributed by atoms with Crippen molar-refractivity contribution in [3.63, 3.8) is 0 Å². The first-order valence-electron chi connectivity index (χ1n) is 8.23. The number of hydroxylamine groups is 1. The first-order chi connectivity index (χ1) is 11.2. The number of hydrogen-bond acceptors (Lipinski definition) is 3. The quantitative estimate of drug-likeness (QED) is 0.674. The minimum atomic E-state index is -0.251. The molecule has 23 heavy (non-hydrogen) atoms. The summed E-state index contributed by atoms with van der Waals surface area (Å²) in [6.45, 7) is 0.612. The molecular formula is C17H25N3O3. The lowest BCUT2D eigenvalue weighted by molar-refractivity contribution is -0.134. The molecule has 0 unspecified atom stereocenters. The second-order valence-electron chi connectivity index (χ2n) is 5.78. The smallest absolute Gasteiger partial charge is 0.315 e. The molecule has 6 nitrogen and oxygen atoms in total. The summed E-state index contributed by atoms with van der Waals surface area (Å²) < 4.78 is 0. The molecule has 1 aromatic rings. The van der Waals surface area contributed by atoms with Crippen molar-refractivity contribution in [3.8, 4) is 0 Å². The normalized spacial score (nSPS) is 15.0. The van der Waals surface area contributed by atoms with Gasteiger partial charge in [-0.15, -0.1) is 0 Å². The van der Waals surface area contributed by atoms with Crippen LogP contribution in [0.2, 0.25) is 0 Å². The number of amides is 3. The minimum absolute atomic E-state index is 0.187. The molecule has 1 aliphatic rings. The van der Waals surface area contributed by atoms with Crippen LogP contribution in [0.1, 0.15) is 44.1 Å². The molecule has 1 aliphatic carbocycles. The topological polar surface area (TPSA) is 79.5 Å². The zero-order chi connectivity index (χ0) is 16.3. The average molecular weight is 319 g/mol. The lowest BCUT2D eigenvalue weighted by atomic mass is 9.96. The van der Waals surface area contributed by atoms with Gasteiger partial charge in [-0.05, 0) is 18.4 Å². The summed E-state index contributed by atoms with van der Waals surface area (Å²) in [6.07, 6.45) is 5.87. The summed E-state index contributed by atoms with van der Waals surface area (Å²) >= 11 is 0. The maximum atomic E-state index is 11.7. The third kappa shape index (κ3) is 7.15. The van der Waals surface area contributed by atoms with E-state index in [0.29, 0.717) is 13.2 Å². The fourth-order valence-corrected chi connectivity index (χ4v) is 2.60. The third-order valence-electron chi connectivity index (χ3n) is 3.85. The summed E-state index contributed by atoms with van der Waals surface area (Å²) in [5, 5.41) is 5.65. The van der Waals surface area contributed by atoms with Crippen LogP contribution in [0.4, 0.5) is 4.79 Å². The highest BCUT2D eigenvalue weighted by Crippen LogP contribution is 2.17. The summed E-state index contributed by atoms with van der Waals surface area (Å²) in [6, 6.07) is 9.66. The van der Waals surface area contributed by atoms with Gasteiger partial charge in [-0.25, -0.2) is 10.3 Å². The minimum Gasteiger partial charge on any atom is -0.338 e. The number of nitrogens with one attached hydrogen (secondary N) is 3. The Morgan fingerprint density at radius 2 is 1.83 bits per heavy atom. The molecule has 0 aliphatic heterocycles. The van der Waals surface area contributed by atoms with Gasteiger partial charge < -0.3 is 10.6 Å². The Labute approximate surface area is 136 Å². The lowest BCUT2D eigenvalue weighted by Gasteiger charge is -2.22. The van der Waals surface area contributed by atoms with Crippen molar-refractivity contribution in [2.45, 2.75) is 51.2 Å². The van der Waals surface area contributed by atoms with Gasteiger partial charge in [0.05, 0.1) is 6.61 Å². The SMILES string of the molecule is O=C(CCNC(=O)NC1CCCCC1)NOCc1ccccc1. The van der Waals surface area contributed by atoms with E-state index in [1.54, 1.807) is 0 Å². The summed E-state index contributed by atoms with van der Waals surface area (Å²) in [5.41, 5.74) is 3.36. The summed E-state index contributed by atoms with van der Waals surface area (Å²) in [4.78, 5) is 28.4. The molecule has 0 heterocycles. The molecule has 0 radical (unpaired) electrons. The Bertz CT molecular complexity index is 487. The third-order valence-corrected chi connectivity index (χ3v) is 3.85. The largest absolute Gasteiger partial charge is 0.338 e. The van der Waals surface area contributed by atoms with Gasteiger partial charge in [0.15, 0.2) is 0 Å². The molecule has 6 heteroatoms. The number of carbonyl (C=O) groups excluding carboxylic acids is 2. The van der Waals surface area contributed by atoms with Gasteiger partial charge >= 0.3 is 6.03 Å². The Balaban J connectivity index is 1.51. The fraction of sp³-hybridized carbons (Fsp3) is 0.529. The van der Waals surface area contributed by atoms with Gasteiger partial charge in [0, 0.05) is 19.0 Å². The monoisotopic (exact) mass is 319 g/mol. The van der Waals surface area contributed by atoms with E-state index < -0.39 is 0 Å². The second-order valence-corrected chi connectivity index (χ2v) is 5.78. The number of benzene rings is 1. The van der Waals surface area contributed by atoms with Crippen molar-refractivity contribution in [3.05, 3.63) is 35.9 Å². The first-order valence-corrected chi connectivity index (χ1v) is 8.23. The number of rotatable bonds is 7. The Morgan fingerprint density at radius 1 is 1.09 bits per heavy atom. The number of hydrogen-bond donors (Lipinski definition) is 3. The Morgan fingerprint density at radius 3 is 2.57 bits per heavy atom. The summed E-state index contributed by atoms with van der Waals surface area (Å²) in [7, 11) is 0. The molecule has 1 saturated carbocycles. The molecule has 126 valence electrons. The van der Waals surface area contributed by atoms with Crippen LogP contribution < -0.4 is 16.1 Å². The van der Waals surface area contributed by atoms with Crippen LogP contribution in [-0.2, 0) is 16.2 Å². The molecular weight excluding hydrogens is 294 g/mol. The van der Waals surface area contributed by atoms with E-state index in [4.69, 9.17) is 4.84 Å². The molecule has 2 rings (SSSR count). The number of urea groups is 1. The van der Waals surface area contributed by atoms with Gasteiger partial charge in [-0.1, -0.05) is 49.6 Å². The molecule has 0 atom stereocenters.